The van der Waals surface area contributed by atoms with E-state index in [9.17, 15) is 13.2 Å². The largest absolute Gasteiger partial charge is 0.384 e. The second-order valence-electron chi connectivity index (χ2n) is 1.93. The number of pyridine rings is 1. The molecule has 0 saturated heterocycles. The third-order valence-corrected chi connectivity index (χ3v) is 1.14. The third kappa shape index (κ3) is 1.60. The molecule has 1 rings (SSSR count). The summed E-state index contributed by atoms with van der Waals surface area (Å²) in [5.74, 6) is -1.13. The van der Waals surface area contributed by atoms with Gasteiger partial charge in [0.2, 0.25) is 0 Å². The van der Waals surface area contributed by atoms with Crippen LogP contribution in [0.5, 0.6) is 0 Å². The molecule has 0 aromatic carbocycles. The molecular formula is C6H5F3N2. The van der Waals surface area contributed by atoms with Crippen molar-refractivity contribution in [1.29, 1.82) is 0 Å². The Balaban J connectivity index is 3.09. The SMILES string of the molecule is Nc1cc(F)c(C(F)F)cn1. The molecule has 0 aliphatic rings. The maximum Gasteiger partial charge on any atom is 0.268 e. The first kappa shape index (κ1) is 7.84. The second kappa shape index (κ2) is 2.77. The van der Waals surface area contributed by atoms with Crippen LogP contribution in [0.15, 0.2) is 12.3 Å². The lowest BCUT2D eigenvalue weighted by Gasteiger charge is -2.00. The number of hydrogen-bond donors (Lipinski definition) is 1. The van der Waals surface area contributed by atoms with Crippen LogP contribution in [0, 0.1) is 5.82 Å². The van der Waals surface area contributed by atoms with Crippen molar-refractivity contribution < 1.29 is 13.2 Å². The molecule has 0 amide bonds. The molecule has 0 saturated carbocycles. The van der Waals surface area contributed by atoms with Gasteiger partial charge in [-0.2, -0.15) is 0 Å². The van der Waals surface area contributed by atoms with E-state index in [2.05, 4.69) is 4.98 Å². The maximum atomic E-state index is 12.5. The molecule has 2 N–H and O–H groups in total. The summed E-state index contributed by atoms with van der Waals surface area (Å²) >= 11 is 0. The molecule has 1 aromatic rings. The van der Waals surface area contributed by atoms with Gasteiger partial charge in [0.05, 0.1) is 5.56 Å². The summed E-state index contributed by atoms with van der Waals surface area (Å²) in [7, 11) is 0. The van der Waals surface area contributed by atoms with Crippen molar-refractivity contribution in [2.24, 2.45) is 0 Å². The molecule has 0 spiro atoms. The zero-order chi connectivity index (χ0) is 8.43. The van der Waals surface area contributed by atoms with Gasteiger partial charge in [0.1, 0.15) is 11.6 Å². The van der Waals surface area contributed by atoms with Crippen LogP contribution in [0.1, 0.15) is 12.0 Å². The van der Waals surface area contributed by atoms with Crippen LogP contribution in [-0.4, -0.2) is 4.98 Å². The monoisotopic (exact) mass is 162 g/mol. The van der Waals surface area contributed by atoms with Crippen molar-refractivity contribution >= 4 is 5.82 Å². The maximum absolute atomic E-state index is 12.5. The number of anilines is 1. The average molecular weight is 162 g/mol. The molecule has 0 atom stereocenters. The van der Waals surface area contributed by atoms with Gasteiger partial charge in [0, 0.05) is 12.3 Å². The Kier molecular flexibility index (Phi) is 1.98. The van der Waals surface area contributed by atoms with Crippen LogP contribution in [0.25, 0.3) is 0 Å². The van der Waals surface area contributed by atoms with E-state index >= 15 is 0 Å². The number of nitrogens with zero attached hydrogens (tertiary/aromatic N) is 1. The lowest BCUT2D eigenvalue weighted by atomic mass is 10.3. The van der Waals surface area contributed by atoms with E-state index < -0.39 is 17.8 Å². The molecule has 0 aliphatic carbocycles. The van der Waals surface area contributed by atoms with E-state index in [4.69, 9.17) is 5.73 Å². The number of halogens is 3. The molecule has 1 aromatic heterocycles. The van der Waals surface area contributed by atoms with E-state index in [1.165, 1.54) is 0 Å². The first-order valence-electron chi connectivity index (χ1n) is 2.80. The van der Waals surface area contributed by atoms with Gasteiger partial charge in [-0.05, 0) is 0 Å². The minimum absolute atomic E-state index is 0.105. The van der Waals surface area contributed by atoms with E-state index in [-0.39, 0.29) is 5.82 Å². The molecule has 0 bridgehead atoms. The van der Waals surface area contributed by atoms with Crippen molar-refractivity contribution in [2.45, 2.75) is 6.43 Å². The zero-order valence-electron chi connectivity index (χ0n) is 5.39. The molecule has 11 heavy (non-hydrogen) atoms. The van der Waals surface area contributed by atoms with E-state index in [0.29, 0.717) is 0 Å². The van der Waals surface area contributed by atoms with Crippen molar-refractivity contribution in [3.8, 4) is 0 Å². The first-order valence-corrected chi connectivity index (χ1v) is 2.80. The lowest BCUT2D eigenvalue weighted by Crippen LogP contribution is -1.96. The summed E-state index contributed by atoms with van der Waals surface area (Å²) in [6.45, 7) is 0. The molecule has 2 nitrogen and oxygen atoms in total. The molecule has 5 heteroatoms. The Hall–Kier alpha value is -1.26. The molecule has 0 radical (unpaired) electrons. The Labute approximate surface area is 60.9 Å². The third-order valence-electron chi connectivity index (χ3n) is 1.14. The van der Waals surface area contributed by atoms with Crippen LogP contribution in [0.4, 0.5) is 19.0 Å². The van der Waals surface area contributed by atoms with Gasteiger partial charge >= 0.3 is 0 Å². The van der Waals surface area contributed by atoms with Crippen LogP contribution < -0.4 is 5.73 Å². The normalized spacial score (nSPS) is 10.5. The van der Waals surface area contributed by atoms with Crippen molar-refractivity contribution in [3.63, 3.8) is 0 Å². The topological polar surface area (TPSA) is 38.9 Å². The number of nitrogens with two attached hydrogens (primary N) is 1. The summed E-state index contributed by atoms with van der Waals surface area (Å²) < 4.78 is 36.2. The highest BCUT2D eigenvalue weighted by Crippen LogP contribution is 2.21. The molecular weight excluding hydrogens is 157 g/mol. The van der Waals surface area contributed by atoms with E-state index in [0.717, 1.165) is 12.3 Å². The van der Waals surface area contributed by atoms with Gasteiger partial charge in [0.15, 0.2) is 0 Å². The van der Waals surface area contributed by atoms with Gasteiger partial charge in [-0.25, -0.2) is 18.2 Å². The minimum atomic E-state index is -2.84. The fraction of sp³-hybridized carbons (Fsp3) is 0.167. The minimum Gasteiger partial charge on any atom is -0.384 e. The predicted octanol–water partition coefficient (Wildman–Crippen LogP) is 1.74. The Morgan fingerprint density at radius 1 is 1.45 bits per heavy atom. The fourth-order valence-electron chi connectivity index (χ4n) is 0.617. The van der Waals surface area contributed by atoms with Gasteiger partial charge in [-0.15, -0.1) is 0 Å². The highest BCUT2D eigenvalue weighted by Gasteiger charge is 2.13. The summed E-state index contributed by atoms with van der Waals surface area (Å²) in [5, 5.41) is 0. The van der Waals surface area contributed by atoms with Crippen LogP contribution >= 0.6 is 0 Å². The highest BCUT2D eigenvalue weighted by atomic mass is 19.3. The van der Waals surface area contributed by atoms with Gasteiger partial charge in [0.25, 0.3) is 6.43 Å². The van der Waals surface area contributed by atoms with Crippen molar-refractivity contribution in [1.82, 2.24) is 4.98 Å². The molecule has 0 fully saturated rings. The average Bonchev–Trinajstić information content (AvgIpc) is 1.85. The quantitative estimate of drug-likeness (QED) is 0.683. The first-order chi connectivity index (χ1) is 5.11. The summed E-state index contributed by atoms with van der Waals surface area (Å²) in [5.41, 5.74) is 4.31. The van der Waals surface area contributed by atoms with Crippen LogP contribution in [-0.2, 0) is 0 Å². The summed E-state index contributed by atoms with van der Waals surface area (Å²) in [6, 6.07) is 0.765. The van der Waals surface area contributed by atoms with Crippen LogP contribution in [0.2, 0.25) is 0 Å². The predicted molar refractivity (Wildman–Crippen MR) is 33.6 cm³/mol. The second-order valence-corrected chi connectivity index (χ2v) is 1.93. The van der Waals surface area contributed by atoms with Crippen molar-refractivity contribution in [3.05, 3.63) is 23.6 Å². The molecule has 0 unspecified atom stereocenters. The van der Waals surface area contributed by atoms with Gasteiger partial charge in [-0.1, -0.05) is 0 Å². The van der Waals surface area contributed by atoms with Crippen LogP contribution in [0.3, 0.4) is 0 Å². The highest BCUT2D eigenvalue weighted by molar-refractivity contribution is 5.31. The van der Waals surface area contributed by atoms with Crippen molar-refractivity contribution in [2.75, 3.05) is 5.73 Å². The number of rotatable bonds is 1. The lowest BCUT2D eigenvalue weighted by molar-refractivity contribution is 0.146. The Morgan fingerprint density at radius 2 is 2.09 bits per heavy atom. The number of aromatic nitrogens is 1. The standard InChI is InChI=1S/C6H5F3N2/c7-4-1-5(10)11-2-3(4)6(8)9/h1-2,6H,(H2,10,11). The Bertz CT molecular complexity index is 262. The number of alkyl halides is 2. The fourth-order valence-corrected chi connectivity index (χ4v) is 0.617. The smallest absolute Gasteiger partial charge is 0.268 e. The number of nitrogen functional groups attached to an aromatic ring is 1. The number of hydrogen-bond acceptors (Lipinski definition) is 2. The van der Waals surface area contributed by atoms with Gasteiger partial charge in [-0.3, -0.25) is 0 Å². The molecule has 0 aliphatic heterocycles. The van der Waals surface area contributed by atoms with E-state index in [1.54, 1.807) is 0 Å². The zero-order valence-corrected chi connectivity index (χ0v) is 5.39. The summed E-state index contributed by atoms with van der Waals surface area (Å²) in [6.07, 6.45) is -2.11. The van der Waals surface area contributed by atoms with Gasteiger partial charge < -0.3 is 5.73 Å². The molecule has 60 valence electrons. The molecule has 1 heterocycles. The van der Waals surface area contributed by atoms with E-state index in [1.807, 2.05) is 0 Å². The summed E-state index contributed by atoms with van der Waals surface area (Å²) in [4.78, 5) is 3.32. The Morgan fingerprint density at radius 3 is 2.55 bits per heavy atom.